The van der Waals surface area contributed by atoms with Gasteiger partial charge in [0.15, 0.2) is 0 Å². The number of nitro benzene ring substituents is 1. The molecule has 18 heavy (non-hydrogen) atoms. The van der Waals surface area contributed by atoms with E-state index in [-0.39, 0.29) is 11.7 Å². The van der Waals surface area contributed by atoms with Crippen LogP contribution in [0.5, 0.6) is 0 Å². The summed E-state index contributed by atoms with van der Waals surface area (Å²) in [5, 5.41) is 11.2. The molecule has 6 heteroatoms. The number of hydrogen-bond acceptors (Lipinski definition) is 4. The van der Waals surface area contributed by atoms with E-state index in [0.29, 0.717) is 5.02 Å². The van der Waals surface area contributed by atoms with Gasteiger partial charge in [0, 0.05) is 12.1 Å². The highest BCUT2D eigenvalue weighted by atomic mass is 35.5. The maximum absolute atomic E-state index is 10.8. The van der Waals surface area contributed by atoms with E-state index in [1.807, 2.05) is 12.2 Å². The number of nitrogens with zero attached hydrogens (tertiary/aromatic N) is 1. The van der Waals surface area contributed by atoms with Crippen LogP contribution >= 0.6 is 11.6 Å². The highest BCUT2D eigenvalue weighted by Crippen LogP contribution is 2.30. The van der Waals surface area contributed by atoms with E-state index in [1.54, 1.807) is 13.2 Å². The van der Waals surface area contributed by atoms with Crippen LogP contribution in [0.2, 0.25) is 5.02 Å². The summed E-state index contributed by atoms with van der Waals surface area (Å²) in [6.07, 6.45) is 5.35. The predicted octanol–water partition coefficient (Wildman–Crippen LogP) is 2.73. The highest BCUT2D eigenvalue weighted by Gasteiger charge is 2.18. The number of halogens is 1. The third kappa shape index (κ3) is 2.69. The van der Waals surface area contributed by atoms with E-state index < -0.39 is 4.92 Å². The Balaban J connectivity index is 2.36. The molecule has 0 saturated heterocycles. The molecule has 1 aliphatic carbocycles. The number of nitrogens with one attached hydrogen (secondary N) is 1. The molecule has 1 atom stereocenters. The Morgan fingerprint density at radius 3 is 3.00 bits per heavy atom. The molecule has 1 aliphatic rings. The van der Waals surface area contributed by atoms with Gasteiger partial charge in [0.2, 0.25) is 0 Å². The Bertz CT molecular complexity index is 502. The normalized spacial score (nSPS) is 18.2. The number of fused-ring (bicyclic) bond motifs is 1. The maximum atomic E-state index is 10.8. The van der Waals surface area contributed by atoms with Crippen LogP contribution in [0, 0.1) is 10.1 Å². The Morgan fingerprint density at radius 1 is 1.56 bits per heavy atom. The van der Waals surface area contributed by atoms with E-state index >= 15 is 0 Å². The van der Waals surface area contributed by atoms with Crippen LogP contribution < -0.4 is 5.48 Å². The van der Waals surface area contributed by atoms with Gasteiger partial charge in [-0.1, -0.05) is 23.8 Å². The Hall–Kier alpha value is -1.43. The summed E-state index contributed by atoms with van der Waals surface area (Å²) < 4.78 is 0. The van der Waals surface area contributed by atoms with E-state index in [4.69, 9.17) is 16.4 Å². The standard InChI is InChI=1S/C12H13ClN2O3/c1-18-14-9-3-2-8-6-10(15(16)17)7-12(13)11(8)5-4-9/h2-3,6-7,9,14H,4-5H2,1H3/t9-/m1/s1. The van der Waals surface area contributed by atoms with E-state index in [2.05, 4.69) is 5.48 Å². The first kappa shape index (κ1) is 13.0. The first-order valence-corrected chi connectivity index (χ1v) is 5.93. The van der Waals surface area contributed by atoms with Crippen LogP contribution in [0.25, 0.3) is 6.08 Å². The quantitative estimate of drug-likeness (QED) is 0.676. The number of hydroxylamine groups is 1. The van der Waals surface area contributed by atoms with E-state index in [1.165, 1.54) is 6.07 Å². The molecule has 0 heterocycles. The lowest BCUT2D eigenvalue weighted by atomic mass is 10.0. The molecule has 0 fully saturated rings. The van der Waals surface area contributed by atoms with Crippen LogP contribution in [-0.4, -0.2) is 18.1 Å². The van der Waals surface area contributed by atoms with E-state index in [0.717, 1.165) is 24.0 Å². The second kappa shape index (κ2) is 5.48. The van der Waals surface area contributed by atoms with Crippen molar-refractivity contribution in [2.75, 3.05) is 7.11 Å². The minimum atomic E-state index is -0.435. The molecule has 0 unspecified atom stereocenters. The molecule has 0 spiro atoms. The van der Waals surface area contributed by atoms with Gasteiger partial charge in [-0.15, -0.1) is 0 Å². The Labute approximate surface area is 109 Å². The zero-order valence-electron chi connectivity index (χ0n) is 9.85. The van der Waals surface area contributed by atoms with E-state index in [9.17, 15) is 10.1 Å². The molecule has 1 N–H and O–H groups in total. The second-order valence-electron chi connectivity index (χ2n) is 4.08. The summed E-state index contributed by atoms with van der Waals surface area (Å²) in [7, 11) is 1.56. The number of rotatable bonds is 3. The van der Waals surface area contributed by atoms with Crippen LogP contribution in [-0.2, 0) is 11.3 Å². The molecule has 96 valence electrons. The molecule has 0 aliphatic heterocycles. The fourth-order valence-corrected chi connectivity index (χ4v) is 2.34. The number of hydrogen-bond donors (Lipinski definition) is 1. The molecule has 0 saturated carbocycles. The molecule has 1 aromatic rings. The molecule has 1 aromatic carbocycles. The van der Waals surface area contributed by atoms with Gasteiger partial charge in [0.1, 0.15) is 0 Å². The Kier molecular flexibility index (Phi) is 3.96. The van der Waals surface area contributed by atoms with Crippen LogP contribution in [0.15, 0.2) is 18.2 Å². The molecule has 5 nitrogen and oxygen atoms in total. The van der Waals surface area contributed by atoms with Crippen molar-refractivity contribution in [3.63, 3.8) is 0 Å². The van der Waals surface area contributed by atoms with Crippen molar-refractivity contribution in [2.24, 2.45) is 0 Å². The summed E-state index contributed by atoms with van der Waals surface area (Å²) in [4.78, 5) is 15.2. The van der Waals surface area contributed by atoms with Gasteiger partial charge in [0.05, 0.1) is 23.1 Å². The molecule has 0 amide bonds. The van der Waals surface area contributed by atoms with Gasteiger partial charge >= 0.3 is 0 Å². The fourth-order valence-electron chi connectivity index (χ4n) is 2.03. The van der Waals surface area contributed by atoms with Gasteiger partial charge < -0.3 is 4.84 Å². The monoisotopic (exact) mass is 268 g/mol. The molecule has 0 radical (unpaired) electrons. The molecule has 0 bridgehead atoms. The van der Waals surface area contributed by atoms with Crippen molar-refractivity contribution in [3.05, 3.63) is 44.5 Å². The number of non-ortho nitro benzene ring substituents is 1. The smallest absolute Gasteiger partial charge is 0.271 e. The van der Waals surface area contributed by atoms with Crippen LogP contribution in [0.1, 0.15) is 17.5 Å². The topological polar surface area (TPSA) is 64.4 Å². The van der Waals surface area contributed by atoms with Crippen molar-refractivity contribution >= 4 is 23.4 Å². The minimum Gasteiger partial charge on any atom is -0.305 e. The average Bonchev–Trinajstić information content (AvgIpc) is 2.53. The number of nitro groups is 1. The Morgan fingerprint density at radius 2 is 2.33 bits per heavy atom. The van der Waals surface area contributed by atoms with Gasteiger partial charge in [-0.3, -0.25) is 10.1 Å². The first-order valence-electron chi connectivity index (χ1n) is 5.55. The molecular weight excluding hydrogens is 256 g/mol. The lowest BCUT2D eigenvalue weighted by Crippen LogP contribution is -2.25. The third-order valence-corrected chi connectivity index (χ3v) is 3.25. The zero-order valence-corrected chi connectivity index (χ0v) is 10.6. The molecular formula is C12H13ClN2O3. The zero-order chi connectivity index (χ0) is 13.1. The van der Waals surface area contributed by atoms with Gasteiger partial charge in [-0.2, -0.15) is 5.48 Å². The number of benzene rings is 1. The van der Waals surface area contributed by atoms with Crippen LogP contribution in [0.4, 0.5) is 5.69 Å². The second-order valence-corrected chi connectivity index (χ2v) is 4.49. The van der Waals surface area contributed by atoms with Gasteiger partial charge in [0.25, 0.3) is 5.69 Å². The SMILES string of the molecule is CON[C@@H]1C=Cc2cc([N+](=O)[O-])cc(Cl)c2CC1. The molecule has 2 rings (SSSR count). The average molecular weight is 269 g/mol. The summed E-state index contributed by atoms with van der Waals surface area (Å²) in [5.74, 6) is 0. The third-order valence-electron chi connectivity index (χ3n) is 2.91. The van der Waals surface area contributed by atoms with Crippen molar-refractivity contribution < 1.29 is 9.76 Å². The van der Waals surface area contributed by atoms with Gasteiger partial charge in [-0.05, 0) is 24.0 Å². The van der Waals surface area contributed by atoms with Crippen molar-refractivity contribution in [3.8, 4) is 0 Å². The maximum Gasteiger partial charge on any atom is 0.271 e. The highest BCUT2D eigenvalue weighted by molar-refractivity contribution is 6.31. The summed E-state index contributed by atoms with van der Waals surface area (Å²) >= 11 is 6.10. The summed E-state index contributed by atoms with van der Waals surface area (Å²) in [6, 6.07) is 3.03. The van der Waals surface area contributed by atoms with Crippen molar-refractivity contribution in [1.29, 1.82) is 0 Å². The van der Waals surface area contributed by atoms with Gasteiger partial charge in [-0.25, -0.2) is 0 Å². The van der Waals surface area contributed by atoms with Crippen molar-refractivity contribution in [2.45, 2.75) is 18.9 Å². The largest absolute Gasteiger partial charge is 0.305 e. The first-order chi connectivity index (χ1) is 8.61. The lowest BCUT2D eigenvalue weighted by molar-refractivity contribution is -0.384. The van der Waals surface area contributed by atoms with Crippen molar-refractivity contribution in [1.82, 2.24) is 5.48 Å². The van der Waals surface area contributed by atoms with Crippen LogP contribution in [0.3, 0.4) is 0 Å². The fraction of sp³-hybridized carbons (Fsp3) is 0.333. The molecule has 0 aromatic heterocycles. The summed E-state index contributed by atoms with van der Waals surface area (Å²) in [6.45, 7) is 0. The predicted molar refractivity (Wildman–Crippen MR) is 69.4 cm³/mol. The minimum absolute atomic E-state index is 0.0153. The lowest BCUT2D eigenvalue weighted by Gasteiger charge is -2.11. The summed E-state index contributed by atoms with van der Waals surface area (Å²) in [5.41, 5.74) is 4.61.